The minimum Gasteiger partial charge on any atom is -0.146 e. The lowest BCUT2D eigenvalue weighted by atomic mass is 9.57. The van der Waals surface area contributed by atoms with Crippen molar-refractivity contribution in [1.29, 1.82) is 0 Å². The monoisotopic (exact) mass is 294 g/mol. The molecule has 0 spiro atoms. The van der Waals surface area contributed by atoms with Crippen molar-refractivity contribution >= 4 is 23.5 Å². The molecule has 0 N–H and O–H groups in total. The van der Waals surface area contributed by atoms with Gasteiger partial charge in [0.15, 0.2) is 0 Å². The largest absolute Gasteiger partial charge is 0.146 e. The second-order valence-corrected chi connectivity index (χ2v) is 10.3. The van der Waals surface area contributed by atoms with Gasteiger partial charge in [-0.05, 0) is 43.9 Å². The van der Waals surface area contributed by atoms with Gasteiger partial charge in [0.1, 0.15) is 0 Å². The molecular formula is C17H26S2. The van der Waals surface area contributed by atoms with Gasteiger partial charge in [-0.3, -0.25) is 0 Å². The predicted octanol–water partition coefficient (Wildman–Crippen LogP) is 5.35. The van der Waals surface area contributed by atoms with Gasteiger partial charge in [0, 0.05) is 22.3 Å². The van der Waals surface area contributed by atoms with Crippen LogP contribution in [0.3, 0.4) is 0 Å². The van der Waals surface area contributed by atoms with E-state index in [0.717, 1.165) is 10.5 Å². The van der Waals surface area contributed by atoms with Crippen LogP contribution < -0.4 is 0 Å². The molecule has 4 atom stereocenters. The second kappa shape index (κ2) is 4.00. The molecule has 4 rings (SSSR count). The van der Waals surface area contributed by atoms with Crippen LogP contribution in [0.2, 0.25) is 0 Å². The summed E-state index contributed by atoms with van der Waals surface area (Å²) < 4.78 is 0.827. The van der Waals surface area contributed by atoms with E-state index < -0.39 is 0 Å². The highest BCUT2D eigenvalue weighted by atomic mass is 32.2. The summed E-state index contributed by atoms with van der Waals surface area (Å²) in [7, 11) is 0. The highest BCUT2D eigenvalue weighted by Crippen LogP contribution is 2.80. The molecule has 0 aromatic heterocycles. The van der Waals surface area contributed by atoms with E-state index in [1.807, 2.05) is 0 Å². The Bertz CT molecular complexity index is 437. The summed E-state index contributed by atoms with van der Waals surface area (Å²) in [4.78, 5) is 0. The predicted molar refractivity (Wildman–Crippen MR) is 87.7 cm³/mol. The average Bonchev–Trinajstić information content (AvgIpc) is 3.07. The Morgan fingerprint density at radius 3 is 2.63 bits per heavy atom. The van der Waals surface area contributed by atoms with Crippen molar-refractivity contribution in [2.24, 2.45) is 22.2 Å². The van der Waals surface area contributed by atoms with Crippen molar-refractivity contribution in [3.8, 4) is 0 Å². The maximum absolute atomic E-state index is 2.75. The molecular weight excluding hydrogens is 268 g/mol. The number of hydrogen-bond acceptors (Lipinski definition) is 2. The molecule has 1 aliphatic heterocycles. The summed E-state index contributed by atoms with van der Waals surface area (Å²) >= 11 is 4.50. The highest BCUT2D eigenvalue weighted by molar-refractivity contribution is 8.20. The standard InChI is InChI=1S/C17H26S2/c1-12-5-8-16-6-4-7-17(12,16)13(2)11-15(16,3)14-18-9-10-19-14/h11-12,14H,4-10H2,1-3H3/t12-,15-,16+,17-/m1/s1. The third kappa shape index (κ3) is 1.28. The smallest absolute Gasteiger partial charge is 0.0596 e. The third-order valence-corrected chi connectivity index (χ3v) is 10.8. The van der Waals surface area contributed by atoms with Crippen molar-refractivity contribution in [2.75, 3.05) is 11.5 Å². The van der Waals surface area contributed by atoms with E-state index in [9.17, 15) is 0 Å². The summed E-state index contributed by atoms with van der Waals surface area (Å²) in [5.74, 6) is 3.66. The molecule has 3 aliphatic carbocycles. The lowest BCUT2D eigenvalue weighted by Gasteiger charge is -2.50. The first-order valence-electron chi connectivity index (χ1n) is 8.00. The van der Waals surface area contributed by atoms with E-state index in [-0.39, 0.29) is 0 Å². The van der Waals surface area contributed by atoms with Gasteiger partial charge in [-0.25, -0.2) is 0 Å². The molecule has 0 aromatic carbocycles. The van der Waals surface area contributed by atoms with Crippen molar-refractivity contribution in [1.82, 2.24) is 0 Å². The molecule has 1 heterocycles. The fourth-order valence-corrected chi connectivity index (χ4v) is 10.0. The van der Waals surface area contributed by atoms with Crippen molar-refractivity contribution in [3.63, 3.8) is 0 Å². The Hall–Kier alpha value is 0.440. The summed E-state index contributed by atoms with van der Waals surface area (Å²) in [6, 6.07) is 0. The van der Waals surface area contributed by atoms with E-state index >= 15 is 0 Å². The van der Waals surface area contributed by atoms with Crippen LogP contribution in [0.25, 0.3) is 0 Å². The summed E-state index contributed by atoms with van der Waals surface area (Å²) in [6.07, 6.45) is 10.2. The van der Waals surface area contributed by atoms with Crippen molar-refractivity contribution < 1.29 is 0 Å². The molecule has 0 aromatic rings. The molecule has 3 fully saturated rings. The normalized spacial score (nSPS) is 53.4. The molecule has 2 saturated carbocycles. The van der Waals surface area contributed by atoms with Gasteiger partial charge < -0.3 is 0 Å². The van der Waals surface area contributed by atoms with E-state index in [1.165, 1.54) is 43.6 Å². The topological polar surface area (TPSA) is 0 Å². The van der Waals surface area contributed by atoms with Gasteiger partial charge >= 0.3 is 0 Å². The third-order valence-electron chi connectivity index (χ3n) is 7.24. The molecule has 19 heavy (non-hydrogen) atoms. The number of hydrogen-bond donors (Lipinski definition) is 0. The van der Waals surface area contributed by atoms with Crippen molar-refractivity contribution in [2.45, 2.75) is 57.5 Å². The van der Waals surface area contributed by atoms with Gasteiger partial charge in [-0.15, -0.1) is 23.5 Å². The number of rotatable bonds is 1. The highest BCUT2D eigenvalue weighted by Gasteiger charge is 2.72. The molecule has 0 amide bonds. The van der Waals surface area contributed by atoms with Crippen LogP contribution in [0.5, 0.6) is 0 Å². The average molecular weight is 295 g/mol. The fraction of sp³-hybridized carbons (Fsp3) is 0.882. The Kier molecular flexibility index (Phi) is 2.76. The quantitative estimate of drug-likeness (QED) is 0.598. The molecule has 4 aliphatic rings. The molecule has 1 saturated heterocycles. The summed E-state index contributed by atoms with van der Waals surface area (Å²) in [5.41, 5.74) is 3.44. The molecule has 2 heteroatoms. The van der Waals surface area contributed by atoms with Crippen LogP contribution in [0.15, 0.2) is 11.6 Å². The zero-order valence-electron chi connectivity index (χ0n) is 12.5. The summed E-state index contributed by atoms with van der Waals surface area (Å²) in [6.45, 7) is 7.64. The maximum Gasteiger partial charge on any atom is 0.0596 e. The molecule has 0 nitrogen and oxygen atoms in total. The molecule has 106 valence electrons. The SMILES string of the molecule is CC1=C[C@](C)(C2SCCS2)[C@@]23CCC[C@@]12[C@H](C)CC3. The maximum atomic E-state index is 2.75. The minimum atomic E-state index is 0.462. The lowest BCUT2D eigenvalue weighted by molar-refractivity contribution is 0.0433. The Morgan fingerprint density at radius 2 is 1.89 bits per heavy atom. The molecule has 0 radical (unpaired) electrons. The molecule has 0 bridgehead atoms. The van der Waals surface area contributed by atoms with E-state index in [0.29, 0.717) is 16.2 Å². The first kappa shape index (κ1) is 13.1. The van der Waals surface area contributed by atoms with Gasteiger partial charge in [-0.1, -0.05) is 31.9 Å². The zero-order valence-corrected chi connectivity index (χ0v) is 14.1. The summed E-state index contributed by atoms with van der Waals surface area (Å²) in [5, 5.41) is 0. The van der Waals surface area contributed by atoms with Gasteiger partial charge in [0.25, 0.3) is 0 Å². The van der Waals surface area contributed by atoms with E-state index in [2.05, 4.69) is 50.4 Å². The van der Waals surface area contributed by atoms with Gasteiger partial charge in [-0.2, -0.15) is 0 Å². The van der Waals surface area contributed by atoms with Crippen LogP contribution >= 0.6 is 23.5 Å². The van der Waals surface area contributed by atoms with Gasteiger partial charge in [0.05, 0.1) is 4.58 Å². The van der Waals surface area contributed by atoms with E-state index in [1.54, 1.807) is 5.57 Å². The van der Waals surface area contributed by atoms with Crippen LogP contribution in [0, 0.1) is 22.2 Å². The zero-order chi connectivity index (χ0) is 13.3. The van der Waals surface area contributed by atoms with Gasteiger partial charge in [0.2, 0.25) is 0 Å². The minimum absolute atomic E-state index is 0.462. The Morgan fingerprint density at radius 1 is 1.16 bits per heavy atom. The fourth-order valence-electron chi connectivity index (χ4n) is 6.60. The lowest BCUT2D eigenvalue weighted by Crippen LogP contribution is -2.46. The van der Waals surface area contributed by atoms with Crippen LogP contribution in [-0.4, -0.2) is 16.1 Å². The first-order valence-corrected chi connectivity index (χ1v) is 10.1. The van der Waals surface area contributed by atoms with Crippen LogP contribution in [0.1, 0.15) is 52.9 Å². The Labute approximate surface area is 126 Å². The number of allylic oxidation sites excluding steroid dienone is 2. The van der Waals surface area contributed by atoms with E-state index in [4.69, 9.17) is 0 Å². The number of thioether (sulfide) groups is 2. The Balaban J connectivity index is 1.86. The molecule has 0 unspecified atom stereocenters. The van der Waals surface area contributed by atoms with Crippen LogP contribution in [0.4, 0.5) is 0 Å². The first-order chi connectivity index (χ1) is 9.07. The van der Waals surface area contributed by atoms with Crippen LogP contribution in [-0.2, 0) is 0 Å². The second-order valence-electron chi connectivity index (χ2n) is 7.53. The van der Waals surface area contributed by atoms with Crippen molar-refractivity contribution in [3.05, 3.63) is 11.6 Å².